The van der Waals surface area contributed by atoms with Gasteiger partial charge in [-0.1, -0.05) is 6.92 Å². The molecule has 0 aliphatic carbocycles. The number of hydrogen-bond donors (Lipinski definition) is 2. The molecule has 1 aromatic carbocycles. The van der Waals surface area contributed by atoms with E-state index in [1.54, 1.807) is 26.4 Å². The van der Waals surface area contributed by atoms with Gasteiger partial charge in [-0.25, -0.2) is 4.79 Å². The summed E-state index contributed by atoms with van der Waals surface area (Å²) in [4.78, 5) is 10.9. The Morgan fingerprint density at radius 2 is 2.17 bits per heavy atom. The van der Waals surface area contributed by atoms with Gasteiger partial charge in [0, 0.05) is 13.2 Å². The number of aromatic carboxylic acids is 1. The summed E-state index contributed by atoms with van der Waals surface area (Å²) in [6.45, 7) is 2.58. The maximum Gasteiger partial charge on any atom is 0.335 e. The Labute approximate surface area is 107 Å². The lowest BCUT2D eigenvalue weighted by atomic mass is 10.1. The van der Waals surface area contributed by atoms with Crippen LogP contribution in [0.25, 0.3) is 0 Å². The molecule has 1 atom stereocenters. The number of ether oxygens (including phenoxy) is 2. The monoisotopic (exact) mass is 253 g/mol. The van der Waals surface area contributed by atoms with Crippen LogP contribution in [-0.2, 0) is 4.74 Å². The van der Waals surface area contributed by atoms with Crippen molar-refractivity contribution >= 4 is 11.7 Å². The van der Waals surface area contributed by atoms with Gasteiger partial charge in [-0.15, -0.1) is 0 Å². The van der Waals surface area contributed by atoms with E-state index in [0.717, 1.165) is 6.42 Å². The van der Waals surface area contributed by atoms with Crippen molar-refractivity contribution in [3.63, 3.8) is 0 Å². The predicted octanol–water partition coefficient (Wildman–Crippen LogP) is 2.23. The molecule has 0 aromatic heterocycles. The molecule has 5 nitrogen and oxygen atoms in total. The molecule has 1 aromatic rings. The lowest BCUT2D eigenvalue weighted by molar-refractivity contribution is 0.0697. The van der Waals surface area contributed by atoms with Gasteiger partial charge in [-0.3, -0.25) is 0 Å². The second-order valence-electron chi connectivity index (χ2n) is 3.93. The van der Waals surface area contributed by atoms with Crippen LogP contribution in [0.2, 0.25) is 0 Å². The third kappa shape index (κ3) is 3.63. The minimum atomic E-state index is -0.958. The highest BCUT2D eigenvalue weighted by Gasteiger charge is 2.12. The maximum atomic E-state index is 10.9. The Balaban J connectivity index is 2.96. The Kier molecular flexibility index (Phi) is 5.45. The maximum absolute atomic E-state index is 10.9. The first-order valence-electron chi connectivity index (χ1n) is 5.79. The predicted molar refractivity (Wildman–Crippen MR) is 69.5 cm³/mol. The molecule has 18 heavy (non-hydrogen) atoms. The smallest absolute Gasteiger partial charge is 0.335 e. The van der Waals surface area contributed by atoms with Gasteiger partial charge in [0.15, 0.2) is 0 Å². The van der Waals surface area contributed by atoms with Gasteiger partial charge in [0.25, 0.3) is 0 Å². The summed E-state index contributed by atoms with van der Waals surface area (Å²) in [6.07, 6.45) is 0.869. The zero-order chi connectivity index (χ0) is 13.5. The first kappa shape index (κ1) is 14.3. The number of rotatable bonds is 7. The standard InChI is InChI=1S/C13H19NO4/c1-4-10(8-17-2)14-11-7-9(13(15)16)5-6-12(11)18-3/h5-7,10,14H,4,8H2,1-3H3,(H,15,16). The van der Waals surface area contributed by atoms with Crippen LogP contribution in [-0.4, -0.2) is 37.9 Å². The number of hydrogen-bond acceptors (Lipinski definition) is 4. The summed E-state index contributed by atoms with van der Waals surface area (Å²) < 4.78 is 10.3. The van der Waals surface area contributed by atoms with Crippen LogP contribution in [0.1, 0.15) is 23.7 Å². The molecule has 0 aliphatic rings. The van der Waals surface area contributed by atoms with Gasteiger partial charge in [0.05, 0.1) is 25.0 Å². The van der Waals surface area contributed by atoms with Gasteiger partial charge in [0.2, 0.25) is 0 Å². The molecule has 0 saturated heterocycles. The fraction of sp³-hybridized carbons (Fsp3) is 0.462. The molecule has 0 amide bonds. The van der Waals surface area contributed by atoms with E-state index in [9.17, 15) is 4.79 Å². The Morgan fingerprint density at radius 3 is 2.67 bits per heavy atom. The van der Waals surface area contributed by atoms with E-state index in [1.165, 1.54) is 6.07 Å². The van der Waals surface area contributed by atoms with Crippen molar-refractivity contribution in [1.29, 1.82) is 0 Å². The summed E-state index contributed by atoms with van der Waals surface area (Å²) in [5, 5.41) is 12.2. The number of benzene rings is 1. The molecular weight excluding hydrogens is 234 g/mol. The normalized spacial score (nSPS) is 11.9. The quantitative estimate of drug-likeness (QED) is 0.780. The number of anilines is 1. The van der Waals surface area contributed by atoms with Crippen LogP contribution >= 0.6 is 0 Å². The number of carboxylic acids is 1. The van der Waals surface area contributed by atoms with Gasteiger partial charge in [-0.05, 0) is 24.6 Å². The highest BCUT2D eigenvalue weighted by molar-refractivity contribution is 5.89. The summed E-state index contributed by atoms with van der Waals surface area (Å²) in [5.41, 5.74) is 0.895. The number of nitrogens with one attached hydrogen (secondary N) is 1. The third-order valence-corrected chi connectivity index (χ3v) is 2.67. The molecule has 0 fully saturated rings. The first-order chi connectivity index (χ1) is 8.62. The van der Waals surface area contributed by atoms with E-state index >= 15 is 0 Å². The van der Waals surface area contributed by atoms with E-state index in [2.05, 4.69) is 5.32 Å². The Hall–Kier alpha value is -1.75. The van der Waals surface area contributed by atoms with Crippen molar-refractivity contribution in [3.8, 4) is 5.75 Å². The minimum Gasteiger partial charge on any atom is -0.495 e. The molecule has 0 radical (unpaired) electrons. The second kappa shape index (κ2) is 6.86. The van der Waals surface area contributed by atoms with Crippen LogP contribution in [0.3, 0.4) is 0 Å². The zero-order valence-corrected chi connectivity index (χ0v) is 10.9. The largest absolute Gasteiger partial charge is 0.495 e. The average molecular weight is 253 g/mol. The van der Waals surface area contributed by atoms with Crippen molar-refractivity contribution in [2.75, 3.05) is 26.1 Å². The molecule has 0 aliphatic heterocycles. The second-order valence-corrected chi connectivity index (χ2v) is 3.93. The van der Waals surface area contributed by atoms with E-state index in [0.29, 0.717) is 18.0 Å². The van der Waals surface area contributed by atoms with Crippen LogP contribution in [0, 0.1) is 0 Å². The molecule has 1 rings (SSSR count). The fourth-order valence-corrected chi connectivity index (χ4v) is 1.64. The summed E-state index contributed by atoms with van der Waals surface area (Å²) >= 11 is 0. The molecular formula is C13H19NO4. The van der Waals surface area contributed by atoms with Gasteiger partial charge in [0.1, 0.15) is 5.75 Å². The van der Waals surface area contributed by atoms with Crippen LogP contribution in [0.15, 0.2) is 18.2 Å². The van der Waals surface area contributed by atoms with Crippen molar-refractivity contribution in [2.45, 2.75) is 19.4 Å². The zero-order valence-electron chi connectivity index (χ0n) is 10.9. The highest BCUT2D eigenvalue weighted by Crippen LogP contribution is 2.26. The van der Waals surface area contributed by atoms with E-state index in [-0.39, 0.29) is 11.6 Å². The van der Waals surface area contributed by atoms with Gasteiger partial charge in [-0.2, -0.15) is 0 Å². The van der Waals surface area contributed by atoms with E-state index in [4.69, 9.17) is 14.6 Å². The molecule has 0 saturated carbocycles. The third-order valence-electron chi connectivity index (χ3n) is 2.67. The number of methoxy groups -OCH3 is 2. The summed E-state index contributed by atoms with van der Waals surface area (Å²) in [7, 11) is 3.19. The van der Waals surface area contributed by atoms with Crippen LogP contribution in [0.4, 0.5) is 5.69 Å². The lowest BCUT2D eigenvalue weighted by Gasteiger charge is -2.19. The molecule has 0 heterocycles. The minimum absolute atomic E-state index is 0.118. The topological polar surface area (TPSA) is 67.8 Å². The molecule has 5 heteroatoms. The van der Waals surface area contributed by atoms with Crippen molar-refractivity contribution < 1.29 is 19.4 Å². The SMILES string of the molecule is CCC(COC)Nc1cc(C(=O)O)ccc1OC. The summed E-state index contributed by atoms with van der Waals surface area (Å²) in [5.74, 6) is -0.338. The van der Waals surface area contributed by atoms with Crippen LogP contribution in [0.5, 0.6) is 5.75 Å². The molecule has 1 unspecified atom stereocenters. The average Bonchev–Trinajstić information content (AvgIpc) is 2.37. The molecule has 100 valence electrons. The van der Waals surface area contributed by atoms with Crippen molar-refractivity contribution in [1.82, 2.24) is 0 Å². The Morgan fingerprint density at radius 1 is 1.44 bits per heavy atom. The molecule has 0 bridgehead atoms. The fourth-order valence-electron chi connectivity index (χ4n) is 1.64. The van der Waals surface area contributed by atoms with Crippen molar-refractivity contribution in [3.05, 3.63) is 23.8 Å². The van der Waals surface area contributed by atoms with E-state index in [1.807, 2.05) is 6.92 Å². The van der Waals surface area contributed by atoms with Gasteiger partial charge >= 0.3 is 5.97 Å². The molecule has 2 N–H and O–H groups in total. The van der Waals surface area contributed by atoms with Crippen molar-refractivity contribution in [2.24, 2.45) is 0 Å². The van der Waals surface area contributed by atoms with Gasteiger partial charge < -0.3 is 19.9 Å². The van der Waals surface area contributed by atoms with Crippen LogP contribution < -0.4 is 10.1 Å². The number of carbonyl (C=O) groups is 1. The summed E-state index contributed by atoms with van der Waals surface area (Å²) in [6, 6.07) is 4.85. The van der Waals surface area contributed by atoms with E-state index < -0.39 is 5.97 Å². The lowest BCUT2D eigenvalue weighted by Crippen LogP contribution is -2.24. The first-order valence-corrected chi connectivity index (χ1v) is 5.79. The highest BCUT2D eigenvalue weighted by atomic mass is 16.5. The Bertz CT molecular complexity index is 406. The molecule has 0 spiro atoms. The number of carboxylic acid groups (broad SMARTS) is 1.